The standard InChI is InChI=1S/C14H31N3/c1-15-10-6-4-5-7-11-16(2)13-14-9-8-12-17(14)3/h14-15H,4-13H2,1-3H3. The average Bonchev–Trinajstić information content (AvgIpc) is 2.69. The van der Waals surface area contributed by atoms with Crippen molar-refractivity contribution in [3.05, 3.63) is 0 Å². The van der Waals surface area contributed by atoms with Crippen LogP contribution in [0.15, 0.2) is 0 Å². The van der Waals surface area contributed by atoms with Crippen LogP contribution in [0, 0.1) is 0 Å². The molecule has 0 bridgehead atoms. The fraction of sp³-hybridized carbons (Fsp3) is 1.00. The molecule has 0 radical (unpaired) electrons. The van der Waals surface area contributed by atoms with Crippen LogP contribution in [0.4, 0.5) is 0 Å². The van der Waals surface area contributed by atoms with E-state index in [1.807, 2.05) is 7.05 Å². The maximum absolute atomic E-state index is 3.20. The molecule has 17 heavy (non-hydrogen) atoms. The average molecular weight is 241 g/mol. The lowest BCUT2D eigenvalue weighted by Gasteiger charge is -2.25. The number of rotatable bonds is 9. The lowest BCUT2D eigenvalue weighted by Crippen LogP contribution is -2.37. The first-order valence-corrected chi connectivity index (χ1v) is 7.27. The van der Waals surface area contributed by atoms with Crippen LogP contribution in [0.2, 0.25) is 0 Å². The third kappa shape index (κ3) is 6.39. The molecule has 0 aromatic rings. The zero-order valence-corrected chi connectivity index (χ0v) is 12.0. The second-order valence-electron chi connectivity index (χ2n) is 5.56. The monoisotopic (exact) mass is 241 g/mol. The molecule has 0 spiro atoms. The molecule has 1 saturated heterocycles. The predicted molar refractivity (Wildman–Crippen MR) is 75.5 cm³/mol. The molecular formula is C14H31N3. The summed E-state index contributed by atoms with van der Waals surface area (Å²) in [5, 5.41) is 3.20. The Kier molecular flexibility index (Phi) is 7.82. The molecule has 0 aromatic carbocycles. The van der Waals surface area contributed by atoms with Gasteiger partial charge in [-0.25, -0.2) is 0 Å². The Labute approximate surface area is 108 Å². The maximum atomic E-state index is 3.20. The van der Waals surface area contributed by atoms with E-state index in [0.29, 0.717) is 0 Å². The number of nitrogens with zero attached hydrogens (tertiary/aromatic N) is 2. The highest BCUT2D eigenvalue weighted by Gasteiger charge is 2.21. The Morgan fingerprint density at radius 3 is 2.65 bits per heavy atom. The topological polar surface area (TPSA) is 18.5 Å². The van der Waals surface area contributed by atoms with E-state index in [4.69, 9.17) is 0 Å². The van der Waals surface area contributed by atoms with Gasteiger partial charge in [0, 0.05) is 12.6 Å². The Balaban J connectivity index is 1.95. The first kappa shape index (κ1) is 14.9. The third-order valence-corrected chi connectivity index (χ3v) is 3.91. The molecule has 1 aliphatic heterocycles. The number of likely N-dealkylation sites (tertiary alicyclic amines) is 1. The van der Waals surface area contributed by atoms with Gasteiger partial charge in [-0.3, -0.25) is 0 Å². The van der Waals surface area contributed by atoms with Crippen LogP contribution in [-0.4, -0.2) is 63.2 Å². The molecule has 1 rings (SSSR count). The number of unbranched alkanes of at least 4 members (excludes halogenated alkanes) is 3. The quantitative estimate of drug-likeness (QED) is 0.621. The van der Waals surface area contributed by atoms with Crippen molar-refractivity contribution in [1.82, 2.24) is 15.1 Å². The van der Waals surface area contributed by atoms with Gasteiger partial charge in [-0.1, -0.05) is 12.8 Å². The largest absolute Gasteiger partial charge is 0.320 e. The molecule has 1 atom stereocenters. The van der Waals surface area contributed by atoms with Gasteiger partial charge < -0.3 is 15.1 Å². The van der Waals surface area contributed by atoms with Crippen molar-refractivity contribution in [2.75, 3.05) is 47.3 Å². The van der Waals surface area contributed by atoms with Crippen molar-refractivity contribution in [2.24, 2.45) is 0 Å². The van der Waals surface area contributed by atoms with E-state index in [1.165, 1.54) is 64.7 Å². The zero-order chi connectivity index (χ0) is 12.5. The SMILES string of the molecule is CNCCCCCCN(C)CC1CCCN1C. The Hall–Kier alpha value is -0.120. The highest BCUT2D eigenvalue weighted by Crippen LogP contribution is 2.15. The van der Waals surface area contributed by atoms with Crippen molar-refractivity contribution in [3.63, 3.8) is 0 Å². The lowest BCUT2D eigenvalue weighted by molar-refractivity contribution is 0.217. The minimum atomic E-state index is 0.810. The predicted octanol–water partition coefficient (Wildman–Crippen LogP) is 1.79. The van der Waals surface area contributed by atoms with Gasteiger partial charge in [0.25, 0.3) is 0 Å². The van der Waals surface area contributed by atoms with Crippen molar-refractivity contribution >= 4 is 0 Å². The molecular weight excluding hydrogens is 210 g/mol. The van der Waals surface area contributed by atoms with E-state index >= 15 is 0 Å². The second kappa shape index (κ2) is 8.90. The first-order chi connectivity index (χ1) is 8.24. The normalized spacial score (nSPS) is 21.5. The van der Waals surface area contributed by atoms with Gasteiger partial charge >= 0.3 is 0 Å². The fourth-order valence-corrected chi connectivity index (χ4v) is 2.70. The minimum absolute atomic E-state index is 0.810. The highest BCUT2D eigenvalue weighted by atomic mass is 15.2. The highest BCUT2D eigenvalue weighted by molar-refractivity contribution is 4.78. The first-order valence-electron chi connectivity index (χ1n) is 7.27. The summed E-state index contributed by atoms with van der Waals surface area (Å²) in [6.45, 7) is 4.99. The summed E-state index contributed by atoms with van der Waals surface area (Å²) in [7, 11) is 6.58. The smallest absolute Gasteiger partial charge is 0.0220 e. The summed E-state index contributed by atoms with van der Waals surface area (Å²) in [5.41, 5.74) is 0. The van der Waals surface area contributed by atoms with Crippen molar-refractivity contribution in [1.29, 1.82) is 0 Å². The van der Waals surface area contributed by atoms with Gasteiger partial charge in [0.1, 0.15) is 0 Å². The van der Waals surface area contributed by atoms with Gasteiger partial charge in [-0.05, 0) is 66.5 Å². The Bertz CT molecular complexity index is 184. The van der Waals surface area contributed by atoms with Gasteiger partial charge in [0.15, 0.2) is 0 Å². The molecule has 0 saturated carbocycles. The summed E-state index contributed by atoms with van der Waals surface area (Å²) in [6, 6.07) is 0.810. The molecule has 3 heteroatoms. The molecule has 3 nitrogen and oxygen atoms in total. The maximum Gasteiger partial charge on any atom is 0.0220 e. The number of hydrogen-bond donors (Lipinski definition) is 1. The van der Waals surface area contributed by atoms with E-state index in [2.05, 4.69) is 29.2 Å². The van der Waals surface area contributed by atoms with Gasteiger partial charge in [0.2, 0.25) is 0 Å². The van der Waals surface area contributed by atoms with Crippen LogP contribution in [0.5, 0.6) is 0 Å². The lowest BCUT2D eigenvalue weighted by atomic mass is 10.1. The van der Waals surface area contributed by atoms with E-state index in [0.717, 1.165) is 6.04 Å². The van der Waals surface area contributed by atoms with Gasteiger partial charge in [-0.15, -0.1) is 0 Å². The van der Waals surface area contributed by atoms with Crippen LogP contribution in [0.25, 0.3) is 0 Å². The number of nitrogens with one attached hydrogen (secondary N) is 1. The summed E-state index contributed by atoms with van der Waals surface area (Å²) in [4.78, 5) is 5.04. The second-order valence-corrected chi connectivity index (χ2v) is 5.56. The van der Waals surface area contributed by atoms with E-state index < -0.39 is 0 Å². The molecule has 1 unspecified atom stereocenters. The van der Waals surface area contributed by atoms with Crippen molar-refractivity contribution in [3.8, 4) is 0 Å². The van der Waals surface area contributed by atoms with Crippen LogP contribution >= 0.6 is 0 Å². The van der Waals surface area contributed by atoms with E-state index in [-0.39, 0.29) is 0 Å². The third-order valence-electron chi connectivity index (χ3n) is 3.91. The molecule has 0 aliphatic carbocycles. The Morgan fingerprint density at radius 1 is 1.24 bits per heavy atom. The minimum Gasteiger partial charge on any atom is -0.320 e. The van der Waals surface area contributed by atoms with Gasteiger partial charge in [0.05, 0.1) is 0 Å². The summed E-state index contributed by atoms with van der Waals surface area (Å²) in [6.07, 6.45) is 8.22. The summed E-state index contributed by atoms with van der Waals surface area (Å²) in [5.74, 6) is 0. The molecule has 1 N–H and O–H groups in total. The Morgan fingerprint density at radius 2 is 2.00 bits per heavy atom. The number of hydrogen-bond acceptors (Lipinski definition) is 3. The van der Waals surface area contributed by atoms with Crippen LogP contribution in [0.1, 0.15) is 38.5 Å². The van der Waals surface area contributed by atoms with Crippen molar-refractivity contribution < 1.29 is 0 Å². The molecule has 1 heterocycles. The van der Waals surface area contributed by atoms with Crippen LogP contribution in [0.3, 0.4) is 0 Å². The molecule has 0 amide bonds. The molecule has 0 aromatic heterocycles. The fourth-order valence-electron chi connectivity index (χ4n) is 2.70. The molecule has 102 valence electrons. The van der Waals surface area contributed by atoms with Crippen molar-refractivity contribution in [2.45, 2.75) is 44.6 Å². The summed E-state index contributed by atoms with van der Waals surface area (Å²) >= 11 is 0. The molecule has 1 aliphatic rings. The van der Waals surface area contributed by atoms with Gasteiger partial charge in [-0.2, -0.15) is 0 Å². The zero-order valence-electron chi connectivity index (χ0n) is 12.0. The van der Waals surface area contributed by atoms with Crippen LogP contribution < -0.4 is 5.32 Å². The number of likely N-dealkylation sites (N-methyl/N-ethyl adjacent to an activating group) is 2. The molecule has 1 fully saturated rings. The van der Waals surface area contributed by atoms with E-state index in [1.54, 1.807) is 0 Å². The van der Waals surface area contributed by atoms with E-state index in [9.17, 15) is 0 Å². The summed E-state index contributed by atoms with van der Waals surface area (Å²) < 4.78 is 0. The van der Waals surface area contributed by atoms with Crippen LogP contribution in [-0.2, 0) is 0 Å².